The molecule has 0 atom stereocenters. The van der Waals surface area contributed by atoms with Crippen molar-refractivity contribution >= 4 is 28.7 Å². The number of aromatic nitrogens is 3. The first-order valence-corrected chi connectivity index (χ1v) is 12.6. The third-order valence-corrected chi connectivity index (χ3v) is 6.42. The number of benzene rings is 2. The van der Waals surface area contributed by atoms with Gasteiger partial charge in [0.15, 0.2) is 11.5 Å². The minimum Gasteiger partial charge on any atom is -0.494 e. The van der Waals surface area contributed by atoms with Crippen LogP contribution in [0.4, 0.5) is 16.3 Å². The Hall–Kier alpha value is -4.40. The number of fused-ring (bicyclic) bond motifs is 1. The van der Waals surface area contributed by atoms with Crippen molar-refractivity contribution in [1.29, 1.82) is 0 Å². The normalized spacial score (nSPS) is 13.9. The Morgan fingerprint density at radius 3 is 2.51 bits per heavy atom. The Labute approximate surface area is 215 Å². The van der Waals surface area contributed by atoms with Gasteiger partial charge in [-0.2, -0.15) is 0 Å². The number of amides is 2. The summed E-state index contributed by atoms with van der Waals surface area (Å²) in [6, 6.07) is 20.6. The molecule has 0 unspecified atom stereocenters. The smallest absolute Gasteiger partial charge is 0.319 e. The lowest BCUT2D eigenvalue weighted by atomic mass is 10.1. The average Bonchev–Trinajstić information content (AvgIpc) is 2.92. The fraction of sp³-hybridized carbons (Fsp3) is 0.286. The number of hydrogen-bond acceptors (Lipinski definition) is 6. The first kappa shape index (κ1) is 24.3. The number of anilines is 2. The van der Waals surface area contributed by atoms with Gasteiger partial charge in [-0.3, -0.25) is 9.36 Å². The largest absolute Gasteiger partial charge is 0.494 e. The molecule has 0 radical (unpaired) electrons. The summed E-state index contributed by atoms with van der Waals surface area (Å²) in [5.41, 5.74) is 2.82. The van der Waals surface area contributed by atoms with E-state index in [2.05, 4.69) is 20.6 Å². The molecule has 9 nitrogen and oxygen atoms in total. The van der Waals surface area contributed by atoms with Crippen molar-refractivity contribution in [2.45, 2.75) is 32.4 Å². The van der Waals surface area contributed by atoms with Crippen LogP contribution in [0.3, 0.4) is 0 Å². The minimum absolute atomic E-state index is 0.00705. The fourth-order valence-electron chi connectivity index (χ4n) is 4.57. The van der Waals surface area contributed by atoms with Crippen LogP contribution in [0.2, 0.25) is 0 Å². The van der Waals surface area contributed by atoms with Gasteiger partial charge in [-0.1, -0.05) is 30.3 Å². The number of hydrogen-bond donors (Lipinski definition) is 2. The highest BCUT2D eigenvalue weighted by molar-refractivity contribution is 5.89. The van der Waals surface area contributed by atoms with Gasteiger partial charge in [-0.15, -0.1) is 0 Å². The molecule has 1 aliphatic rings. The van der Waals surface area contributed by atoms with Crippen LogP contribution >= 0.6 is 0 Å². The minimum atomic E-state index is -0.247. The molecule has 2 aromatic carbocycles. The number of nitrogens with one attached hydrogen (secondary N) is 2. The molecule has 9 heteroatoms. The van der Waals surface area contributed by atoms with Gasteiger partial charge in [-0.05, 0) is 61.7 Å². The number of urea groups is 1. The highest BCUT2D eigenvalue weighted by Gasteiger charge is 2.25. The lowest BCUT2D eigenvalue weighted by molar-refractivity contribution is 0.246. The molecular formula is C28H30N6O3. The Morgan fingerprint density at radius 1 is 1.03 bits per heavy atom. The van der Waals surface area contributed by atoms with Gasteiger partial charge in [0.1, 0.15) is 11.3 Å². The van der Waals surface area contributed by atoms with Crippen LogP contribution in [0.15, 0.2) is 77.7 Å². The maximum absolute atomic E-state index is 13.5. The predicted octanol–water partition coefficient (Wildman–Crippen LogP) is 4.03. The molecule has 0 bridgehead atoms. The Bertz CT molecular complexity index is 1410. The van der Waals surface area contributed by atoms with E-state index in [4.69, 9.17) is 4.74 Å². The topological polar surface area (TPSA) is 101 Å². The first-order valence-electron chi connectivity index (χ1n) is 12.6. The quantitative estimate of drug-likeness (QED) is 0.399. The summed E-state index contributed by atoms with van der Waals surface area (Å²) in [6.07, 6.45) is 3.10. The fourth-order valence-corrected chi connectivity index (χ4v) is 4.57. The van der Waals surface area contributed by atoms with Gasteiger partial charge < -0.3 is 20.3 Å². The molecule has 190 valence electrons. The number of nitrogens with zero attached hydrogens (tertiary/aromatic N) is 4. The zero-order chi connectivity index (χ0) is 25.6. The monoisotopic (exact) mass is 498 g/mol. The zero-order valence-electron chi connectivity index (χ0n) is 20.8. The zero-order valence-corrected chi connectivity index (χ0v) is 20.8. The van der Waals surface area contributed by atoms with Gasteiger partial charge in [0.25, 0.3) is 5.56 Å². The molecule has 37 heavy (non-hydrogen) atoms. The Kier molecular flexibility index (Phi) is 7.30. The lowest BCUT2D eigenvalue weighted by Crippen LogP contribution is -2.47. The molecule has 0 aliphatic carbocycles. The molecule has 1 saturated heterocycles. The second-order valence-electron chi connectivity index (χ2n) is 8.98. The lowest BCUT2D eigenvalue weighted by Gasteiger charge is -2.33. The molecule has 5 rings (SSSR count). The molecule has 0 spiro atoms. The summed E-state index contributed by atoms with van der Waals surface area (Å²) < 4.78 is 7.13. The maximum atomic E-state index is 13.5. The van der Waals surface area contributed by atoms with Crippen molar-refractivity contribution in [2.24, 2.45) is 0 Å². The highest BCUT2D eigenvalue weighted by atomic mass is 16.5. The number of carbonyl (C=O) groups is 1. The van der Waals surface area contributed by atoms with Gasteiger partial charge in [0, 0.05) is 31.0 Å². The van der Waals surface area contributed by atoms with Crippen LogP contribution in [0.1, 0.15) is 25.3 Å². The van der Waals surface area contributed by atoms with E-state index in [9.17, 15) is 9.59 Å². The van der Waals surface area contributed by atoms with E-state index in [0.717, 1.165) is 11.3 Å². The van der Waals surface area contributed by atoms with E-state index in [1.54, 1.807) is 10.8 Å². The van der Waals surface area contributed by atoms with Crippen molar-refractivity contribution in [3.05, 3.63) is 88.8 Å². The molecule has 2 amide bonds. The standard InChI is InChI=1S/C28H30N6O3/c1-2-37-23-12-10-21(11-13-23)30-28(36)31-22-14-17-33(18-15-22)26-27(35)34(19-20-7-4-3-5-8-20)25-24(32-26)9-6-16-29-25/h3-13,16,22H,2,14-15,17-19H2,1H3,(H2,30,31,36). The van der Waals surface area contributed by atoms with Crippen LogP contribution in [0, 0.1) is 0 Å². The predicted molar refractivity (Wildman–Crippen MR) is 144 cm³/mol. The summed E-state index contributed by atoms with van der Waals surface area (Å²) >= 11 is 0. The number of carbonyl (C=O) groups excluding carboxylic acids is 1. The average molecular weight is 499 g/mol. The van der Waals surface area contributed by atoms with Gasteiger partial charge in [0.05, 0.1) is 13.2 Å². The van der Waals surface area contributed by atoms with E-state index in [1.165, 1.54) is 0 Å². The summed E-state index contributed by atoms with van der Waals surface area (Å²) in [4.78, 5) is 37.2. The second kappa shape index (κ2) is 11.1. The van der Waals surface area contributed by atoms with E-state index >= 15 is 0 Å². The van der Waals surface area contributed by atoms with Crippen LogP contribution in [0.25, 0.3) is 11.2 Å². The van der Waals surface area contributed by atoms with Gasteiger partial charge in [0.2, 0.25) is 0 Å². The molecule has 4 aromatic rings. The Balaban J connectivity index is 1.25. The first-order chi connectivity index (χ1) is 18.1. The number of rotatable bonds is 7. The van der Waals surface area contributed by atoms with Gasteiger partial charge >= 0.3 is 6.03 Å². The highest BCUT2D eigenvalue weighted by Crippen LogP contribution is 2.19. The summed E-state index contributed by atoms with van der Waals surface area (Å²) in [5, 5.41) is 5.92. The summed E-state index contributed by atoms with van der Waals surface area (Å²) in [5.74, 6) is 1.19. The van der Waals surface area contributed by atoms with Crippen molar-refractivity contribution in [3.63, 3.8) is 0 Å². The van der Waals surface area contributed by atoms with Crippen LogP contribution in [0.5, 0.6) is 5.75 Å². The van der Waals surface area contributed by atoms with E-state index < -0.39 is 0 Å². The molecule has 2 N–H and O–H groups in total. The van der Waals surface area contributed by atoms with Crippen molar-refractivity contribution in [2.75, 3.05) is 29.9 Å². The second-order valence-corrected chi connectivity index (χ2v) is 8.98. The molecule has 3 heterocycles. The van der Waals surface area contributed by atoms with Crippen LogP contribution in [-0.4, -0.2) is 46.3 Å². The van der Waals surface area contributed by atoms with Crippen molar-refractivity contribution in [3.8, 4) is 5.75 Å². The SMILES string of the molecule is CCOc1ccc(NC(=O)NC2CCN(c3nc4cccnc4n(Cc4ccccc4)c3=O)CC2)cc1. The van der Waals surface area contributed by atoms with E-state index in [-0.39, 0.29) is 17.6 Å². The third-order valence-electron chi connectivity index (χ3n) is 6.42. The molecule has 0 saturated carbocycles. The summed E-state index contributed by atoms with van der Waals surface area (Å²) in [6.45, 7) is 4.18. The molecule has 2 aromatic heterocycles. The molecular weight excluding hydrogens is 468 g/mol. The van der Waals surface area contributed by atoms with Crippen LogP contribution in [-0.2, 0) is 6.54 Å². The Morgan fingerprint density at radius 2 is 1.78 bits per heavy atom. The number of pyridine rings is 1. The third kappa shape index (κ3) is 5.72. The van der Waals surface area contributed by atoms with Gasteiger partial charge in [-0.25, -0.2) is 14.8 Å². The van der Waals surface area contributed by atoms with E-state index in [0.29, 0.717) is 61.8 Å². The van der Waals surface area contributed by atoms with E-state index in [1.807, 2.05) is 78.6 Å². The molecule has 1 aliphatic heterocycles. The maximum Gasteiger partial charge on any atom is 0.319 e. The van der Waals surface area contributed by atoms with Crippen LogP contribution < -0.4 is 25.8 Å². The number of piperidine rings is 1. The molecule has 1 fully saturated rings. The van der Waals surface area contributed by atoms with Crippen molar-refractivity contribution < 1.29 is 9.53 Å². The van der Waals surface area contributed by atoms with Crippen molar-refractivity contribution in [1.82, 2.24) is 19.9 Å². The summed E-state index contributed by atoms with van der Waals surface area (Å²) in [7, 11) is 0. The number of ether oxygens (including phenoxy) is 1.